The normalized spacial score (nSPS) is 39.8. The Bertz CT molecular complexity index is 414. The zero-order valence-corrected chi connectivity index (χ0v) is 13.0. The van der Waals surface area contributed by atoms with E-state index in [1.807, 2.05) is 0 Å². The van der Waals surface area contributed by atoms with Crippen LogP contribution in [0.1, 0.15) is 52.4 Å². The van der Waals surface area contributed by atoms with Crippen molar-refractivity contribution in [2.75, 3.05) is 0 Å². The van der Waals surface area contributed by atoms with Gasteiger partial charge in [-0.15, -0.1) is 0 Å². The van der Waals surface area contributed by atoms with Crippen molar-refractivity contribution in [2.24, 2.45) is 28.9 Å². The van der Waals surface area contributed by atoms with Crippen molar-refractivity contribution < 1.29 is 9.59 Å². The maximum atomic E-state index is 11.8. The lowest BCUT2D eigenvalue weighted by Crippen LogP contribution is -2.58. The standard InChI is InChI=1S/C16H27N3O2/c1-9(14(20)19-15(17)21)18-10(2)16-6-11-3-12(7-16)5-13(4-11)8-16/h9-13,18H,3-8H2,1-2H3,(H3,17,19,20,21)/t9-,10+,11?,12?,13?,16?/m1/s1. The van der Waals surface area contributed by atoms with E-state index in [4.69, 9.17) is 5.73 Å². The third-order valence-electron chi connectivity index (χ3n) is 6.14. The minimum Gasteiger partial charge on any atom is -0.351 e. The maximum absolute atomic E-state index is 11.8. The molecule has 3 amide bonds. The summed E-state index contributed by atoms with van der Waals surface area (Å²) in [6, 6.07) is -0.865. The van der Waals surface area contributed by atoms with Gasteiger partial charge in [0.2, 0.25) is 5.91 Å². The second kappa shape index (κ2) is 5.27. The van der Waals surface area contributed by atoms with Crippen LogP contribution in [0.2, 0.25) is 0 Å². The van der Waals surface area contributed by atoms with E-state index in [1.54, 1.807) is 6.92 Å². The molecule has 0 unspecified atom stereocenters. The van der Waals surface area contributed by atoms with Crippen LogP contribution in [-0.4, -0.2) is 24.0 Å². The molecule has 21 heavy (non-hydrogen) atoms. The molecule has 2 atom stereocenters. The number of hydrogen-bond acceptors (Lipinski definition) is 3. The molecule has 0 aromatic rings. The quantitative estimate of drug-likeness (QED) is 0.738. The molecule has 0 saturated heterocycles. The number of primary amides is 1. The Morgan fingerprint density at radius 2 is 1.52 bits per heavy atom. The molecule has 4 saturated carbocycles. The van der Waals surface area contributed by atoms with Gasteiger partial charge in [0.1, 0.15) is 0 Å². The Kier molecular flexibility index (Phi) is 3.72. The highest BCUT2D eigenvalue weighted by Crippen LogP contribution is 2.61. The fraction of sp³-hybridized carbons (Fsp3) is 0.875. The zero-order chi connectivity index (χ0) is 15.2. The fourth-order valence-electron chi connectivity index (χ4n) is 5.57. The van der Waals surface area contributed by atoms with Crippen molar-refractivity contribution >= 4 is 11.9 Å². The number of urea groups is 1. The first kappa shape index (κ1) is 14.8. The van der Waals surface area contributed by atoms with Gasteiger partial charge in [0.25, 0.3) is 0 Å². The summed E-state index contributed by atoms with van der Waals surface area (Å²) < 4.78 is 0. The molecule has 0 aromatic carbocycles. The van der Waals surface area contributed by atoms with Gasteiger partial charge < -0.3 is 11.1 Å². The van der Waals surface area contributed by atoms with Crippen LogP contribution in [-0.2, 0) is 4.79 Å². The lowest BCUT2D eigenvalue weighted by atomic mass is 9.48. The molecule has 0 aromatic heterocycles. The second-order valence-electron chi connectivity index (χ2n) is 7.74. The van der Waals surface area contributed by atoms with Crippen molar-refractivity contribution in [3.8, 4) is 0 Å². The monoisotopic (exact) mass is 293 g/mol. The number of nitrogens with one attached hydrogen (secondary N) is 2. The molecule has 0 radical (unpaired) electrons. The van der Waals surface area contributed by atoms with Gasteiger partial charge in [-0.1, -0.05) is 0 Å². The van der Waals surface area contributed by atoms with E-state index < -0.39 is 6.03 Å². The van der Waals surface area contributed by atoms with Gasteiger partial charge in [-0.2, -0.15) is 0 Å². The molecule has 4 bridgehead atoms. The first-order valence-corrected chi connectivity index (χ1v) is 8.24. The molecule has 4 N–H and O–H groups in total. The summed E-state index contributed by atoms with van der Waals surface area (Å²) in [6.45, 7) is 4.01. The summed E-state index contributed by atoms with van der Waals surface area (Å²) in [7, 11) is 0. The van der Waals surface area contributed by atoms with Gasteiger partial charge in [-0.25, -0.2) is 4.79 Å². The van der Waals surface area contributed by atoms with Gasteiger partial charge in [-0.3, -0.25) is 10.1 Å². The Hall–Kier alpha value is -1.10. The molecular formula is C16H27N3O2. The number of imide groups is 1. The summed E-state index contributed by atoms with van der Waals surface area (Å²) in [5.74, 6) is 2.36. The lowest BCUT2D eigenvalue weighted by Gasteiger charge is -2.59. The van der Waals surface area contributed by atoms with E-state index >= 15 is 0 Å². The van der Waals surface area contributed by atoms with Crippen molar-refractivity contribution in [1.82, 2.24) is 10.6 Å². The molecule has 4 fully saturated rings. The first-order valence-electron chi connectivity index (χ1n) is 8.24. The second-order valence-corrected chi connectivity index (χ2v) is 7.74. The molecular weight excluding hydrogens is 266 g/mol. The number of carbonyl (C=O) groups is 2. The van der Waals surface area contributed by atoms with E-state index in [1.165, 1.54) is 38.5 Å². The number of rotatable bonds is 4. The molecule has 0 spiro atoms. The Morgan fingerprint density at radius 1 is 1.05 bits per heavy atom. The number of carbonyl (C=O) groups excluding carboxylic acids is 2. The minimum atomic E-state index is -0.781. The van der Waals surface area contributed by atoms with Crippen molar-refractivity contribution in [3.05, 3.63) is 0 Å². The Labute approximate surface area is 126 Å². The lowest BCUT2D eigenvalue weighted by molar-refractivity contribution is -0.122. The van der Waals surface area contributed by atoms with Gasteiger partial charge in [0.15, 0.2) is 0 Å². The van der Waals surface area contributed by atoms with Gasteiger partial charge in [-0.05, 0) is 75.5 Å². The molecule has 118 valence electrons. The third kappa shape index (κ3) is 2.80. The van der Waals surface area contributed by atoms with Crippen LogP contribution < -0.4 is 16.4 Å². The van der Waals surface area contributed by atoms with Crippen molar-refractivity contribution in [1.29, 1.82) is 0 Å². The fourth-order valence-corrected chi connectivity index (χ4v) is 5.57. The van der Waals surface area contributed by atoms with Crippen LogP contribution in [0.3, 0.4) is 0 Å². The van der Waals surface area contributed by atoms with Crippen LogP contribution in [0.25, 0.3) is 0 Å². The molecule has 4 rings (SSSR count). The average molecular weight is 293 g/mol. The topological polar surface area (TPSA) is 84.2 Å². The summed E-state index contributed by atoms with van der Waals surface area (Å²) in [6.07, 6.45) is 8.17. The maximum Gasteiger partial charge on any atom is 0.318 e. The van der Waals surface area contributed by atoms with Crippen LogP contribution in [0.4, 0.5) is 4.79 Å². The summed E-state index contributed by atoms with van der Waals surface area (Å²) in [5, 5.41) is 5.58. The first-order chi connectivity index (χ1) is 9.88. The Balaban J connectivity index is 1.64. The highest BCUT2D eigenvalue weighted by atomic mass is 16.2. The van der Waals surface area contributed by atoms with E-state index in [9.17, 15) is 9.59 Å². The van der Waals surface area contributed by atoms with Gasteiger partial charge in [0, 0.05) is 6.04 Å². The molecule has 0 heterocycles. The van der Waals surface area contributed by atoms with Crippen molar-refractivity contribution in [3.63, 3.8) is 0 Å². The van der Waals surface area contributed by atoms with E-state index in [0.717, 1.165) is 17.8 Å². The highest BCUT2D eigenvalue weighted by molar-refractivity contribution is 5.96. The Morgan fingerprint density at radius 3 is 1.95 bits per heavy atom. The average Bonchev–Trinajstić information content (AvgIpc) is 2.35. The van der Waals surface area contributed by atoms with Crippen LogP contribution >= 0.6 is 0 Å². The molecule has 0 aliphatic heterocycles. The zero-order valence-electron chi connectivity index (χ0n) is 13.0. The largest absolute Gasteiger partial charge is 0.351 e. The SMILES string of the molecule is C[C@H](N[C@H](C)C(=O)NC(N)=O)C12CC3CC(CC(C3)C1)C2. The smallest absolute Gasteiger partial charge is 0.318 e. The molecule has 5 nitrogen and oxygen atoms in total. The summed E-state index contributed by atoms with van der Waals surface area (Å²) >= 11 is 0. The van der Waals surface area contributed by atoms with Crippen molar-refractivity contribution in [2.45, 2.75) is 64.5 Å². The van der Waals surface area contributed by atoms with Crippen LogP contribution in [0.5, 0.6) is 0 Å². The number of amides is 3. The number of hydrogen-bond donors (Lipinski definition) is 3. The predicted octanol–water partition coefficient (Wildman–Crippen LogP) is 1.76. The molecule has 5 heteroatoms. The third-order valence-corrected chi connectivity index (χ3v) is 6.14. The van der Waals surface area contributed by atoms with E-state index in [2.05, 4.69) is 17.6 Å². The van der Waals surface area contributed by atoms with Gasteiger partial charge in [0.05, 0.1) is 6.04 Å². The summed E-state index contributed by atoms with van der Waals surface area (Å²) in [4.78, 5) is 22.6. The van der Waals surface area contributed by atoms with E-state index in [0.29, 0.717) is 11.5 Å². The molecule has 4 aliphatic rings. The molecule has 4 aliphatic carbocycles. The summed E-state index contributed by atoms with van der Waals surface area (Å²) in [5.41, 5.74) is 5.37. The van der Waals surface area contributed by atoms with Crippen LogP contribution in [0, 0.1) is 23.2 Å². The van der Waals surface area contributed by atoms with Gasteiger partial charge >= 0.3 is 6.03 Å². The minimum absolute atomic E-state index is 0.305. The highest BCUT2D eigenvalue weighted by Gasteiger charge is 2.53. The van der Waals surface area contributed by atoms with Crippen LogP contribution in [0.15, 0.2) is 0 Å². The number of nitrogens with two attached hydrogens (primary N) is 1. The van der Waals surface area contributed by atoms with E-state index in [-0.39, 0.29) is 11.9 Å². The predicted molar refractivity (Wildman–Crippen MR) is 80.4 cm³/mol.